The molecule has 26 heavy (non-hydrogen) atoms. The van der Waals surface area contributed by atoms with Crippen molar-refractivity contribution < 1.29 is 21.6 Å². The lowest BCUT2D eigenvalue weighted by Gasteiger charge is -2.11. The number of benzene rings is 1. The number of aromatic nitrogens is 3. The number of sulfonamides is 1. The first-order valence-electron chi connectivity index (χ1n) is 7.33. The number of nitrogens with zero attached hydrogens (tertiary/aromatic N) is 3. The number of halogens is 3. The van der Waals surface area contributed by atoms with E-state index in [4.69, 9.17) is 0 Å². The van der Waals surface area contributed by atoms with Crippen molar-refractivity contribution in [3.63, 3.8) is 0 Å². The van der Waals surface area contributed by atoms with Gasteiger partial charge in [0.15, 0.2) is 0 Å². The van der Waals surface area contributed by atoms with Crippen molar-refractivity contribution >= 4 is 15.7 Å². The van der Waals surface area contributed by atoms with Crippen LogP contribution in [0.15, 0.2) is 59.9 Å². The average molecular weight is 382 g/mol. The largest absolute Gasteiger partial charge is 0.416 e. The molecule has 6 nitrogen and oxygen atoms in total. The molecule has 0 radical (unpaired) electrons. The zero-order chi connectivity index (χ0) is 18.9. The molecule has 0 aliphatic heterocycles. The Hall–Kier alpha value is -2.88. The van der Waals surface area contributed by atoms with Crippen LogP contribution >= 0.6 is 0 Å². The predicted molar refractivity (Wildman–Crippen MR) is 88.3 cm³/mol. The van der Waals surface area contributed by atoms with Crippen molar-refractivity contribution in [2.24, 2.45) is 0 Å². The van der Waals surface area contributed by atoms with E-state index in [1.165, 1.54) is 12.3 Å². The maximum absolute atomic E-state index is 12.6. The van der Waals surface area contributed by atoms with Gasteiger partial charge in [-0.15, -0.1) is 0 Å². The van der Waals surface area contributed by atoms with Gasteiger partial charge in [0.2, 0.25) is 0 Å². The molecule has 0 aliphatic carbocycles. The molecular weight excluding hydrogens is 369 g/mol. The molecule has 136 valence electrons. The van der Waals surface area contributed by atoms with Crippen molar-refractivity contribution in [3.05, 3.63) is 66.4 Å². The highest BCUT2D eigenvalue weighted by atomic mass is 32.2. The minimum atomic E-state index is -4.53. The van der Waals surface area contributed by atoms with Gasteiger partial charge in [0, 0.05) is 12.4 Å². The molecule has 0 saturated carbocycles. The van der Waals surface area contributed by atoms with Crippen molar-refractivity contribution in [1.29, 1.82) is 0 Å². The summed E-state index contributed by atoms with van der Waals surface area (Å²) < 4.78 is 66.3. The highest BCUT2D eigenvalue weighted by molar-refractivity contribution is 7.92. The minimum absolute atomic E-state index is 0.186. The minimum Gasteiger partial charge on any atom is -0.288 e. The third kappa shape index (κ3) is 3.69. The van der Waals surface area contributed by atoms with E-state index in [0.717, 1.165) is 30.1 Å². The van der Waals surface area contributed by atoms with Crippen LogP contribution in [0, 0.1) is 6.92 Å². The molecule has 0 atom stereocenters. The Labute approximate surface area is 147 Å². The Morgan fingerprint density at radius 3 is 2.23 bits per heavy atom. The first-order valence-corrected chi connectivity index (χ1v) is 8.81. The maximum Gasteiger partial charge on any atom is 0.416 e. The first kappa shape index (κ1) is 17.9. The van der Waals surface area contributed by atoms with Gasteiger partial charge in [-0.25, -0.2) is 18.4 Å². The topological polar surface area (TPSA) is 76.9 Å². The summed E-state index contributed by atoms with van der Waals surface area (Å²) in [7, 11) is -4.03. The molecular formula is C16H13F3N4O2S. The summed E-state index contributed by atoms with van der Waals surface area (Å²) >= 11 is 0. The summed E-state index contributed by atoms with van der Waals surface area (Å²) in [5.41, 5.74) is -0.732. The fourth-order valence-electron chi connectivity index (χ4n) is 2.25. The van der Waals surface area contributed by atoms with Crippen molar-refractivity contribution in [2.45, 2.75) is 18.0 Å². The van der Waals surface area contributed by atoms with E-state index in [0.29, 0.717) is 5.82 Å². The Balaban J connectivity index is 1.80. The summed E-state index contributed by atoms with van der Waals surface area (Å²) in [6, 6.07) is 6.35. The molecule has 0 fully saturated rings. The van der Waals surface area contributed by atoms with Gasteiger partial charge < -0.3 is 0 Å². The van der Waals surface area contributed by atoms with Gasteiger partial charge in [0.1, 0.15) is 11.6 Å². The molecule has 3 rings (SSSR count). The van der Waals surface area contributed by atoms with Gasteiger partial charge in [0.05, 0.1) is 22.3 Å². The van der Waals surface area contributed by atoms with E-state index >= 15 is 0 Å². The van der Waals surface area contributed by atoms with Gasteiger partial charge in [0.25, 0.3) is 10.0 Å². The van der Waals surface area contributed by atoms with Crippen LogP contribution in [-0.2, 0) is 16.2 Å². The zero-order valence-electron chi connectivity index (χ0n) is 13.4. The van der Waals surface area contributed by atoms with Gasteiger partial charge in [-0.2, -0.15) is 13.2 Å². The maximum atomic E-state index is 12.6. The van der Waals surface area contributed by atoms with Crippen molar-refractivity contribution in [1.82, 2.24) is 14.5 Å². The molecule has 1 N–H and O–H groups in total. The number of nitrogens with one attached hydrogen (secondary N) is 1. The average Bonchev–Trinajstić information content (AvgIpc) is 3.01. The van der Waals surface area contributed by atoms with Crippen LogP contribution in [0.4, 0.5) is 18.9 Å². The smallest absolute Gasteiger partial charge is 0.288 e. The Morgan fingerprint density at radius 2 is 1.73 bits per heavy atom. The summed E-state index contributed by atoms with van der Waals surface area (Å²) in [6.07, 6.45) is 0.110. The highest BCUT2D eigenvalue weighted by Gasteiger charge is 2.30. The van der Waals surface area contributed by atoms with Crippen LogP contribution in [0.2, 0.25) is 0 Å². The Kier molecular flexibility index (Phi) is 4.45. The number of anilines is 1. The van der Waals surface area contributed by atoms with Crippen LogP contribution < -0.4 is 4.72 Å². The normalized spacial score (nSPS) is 12.2. The number of alkyl halides is 3. The van der Waals surface area contributed by atoms with E-state index in [1.54, 1.807) is 30.0 Å². The molecule has 1 aromatic carbocycles. The molecule has 0 bridgehead atoms. The number of aryl methyl sites for hydroxylation is 1. The van der Waals surface area contributed by atoms with E-state index in [-0.39, 0.29) is 10.6 Å². The number of hydrogen-bond donors (Lipinski definition) is 1. The quantitative estimate of drug-likeness (QED) is 0.750. The zero-order valence-corrected chi connectivity index (χ0v) is 14.2. The fraction of sp³-hybridized carbons (Fsp3) is 0.125. The molecule has 10 heteroatoms. The second-order valence-electron chi connectivity index (χ2n) is 5.38. The summed E-state index contributed by atoms with van der Waals surface area (Å²) in [5.74, 6) is 1.27. The molecule has 0 spiro atoms. The van der Waals surface area contributed by atoms with E-state index in [1.807, 2.05) is 0 Å². The van der Waals surface area contributed by atoms with Crippen LogP contribution in [0.5, 0.6) is 0 Å². The molecule has 3 aromatic rings. The first-order chi connectivity index (χ1) is 12.2. The number of pyridine rings is 1. The molecule has 0 saturated heterocycles. The number of imidazole rings is 1. The fourth-order valence-corrected chi connectivity index (χ4v) is 3.29. The summed E-state index contributed by atoms with van der Waals surface area (Å²) in [4.78, 5) is 7.95. The lowest BCUT2D eigenvalue weighted by molar-refractivity contribution is -0.137. The number of hydrogen-bond acceptors (Lipinski definition) is 4. The molecule has 0 amide bonds. The SMILES string of the molecule is Cc1nccn1-c1ccc(NS(=O)(=O)c2ccc(C(F)(F)F)cc2)cn1. The van der Waals surface area contributed by atoms with E-state index < -0.39 is 21.8 Å². The second-order valence-corrected chi connectivity index (χ2v) is 7.06. The second kappa shape index (κ2) is 6.45. The predicted octanol–water partition coefficient (Wildman–Crippen LogP) is 3.40. The third-order valence-corrected chi connectivity index (χ3v) is 4.96. The molecule has 2 heterocycles. The van der Waals surface area contributed by atoms with Gasteiger partial charge in [-0.1, -0.05) is 0 Å². The summed E-state index contributed by atoms with van der Waals surface area (Å²) in [6.45, 7) is 1.79. The Bertz CT molecular complexity index is 1010. The lowest BCUT2D eigenvalue weighted by Crippen LogP contribution is -2.14. The third-order valence-electron chi connectivity index (χ3n) is 3.56. The lowest BCUT2D eigenvalue weighted by atomic mass is 10.2. The Morgan fingerprint density at radius 1 is 1.04 bits per heavy atom. The van der Waals surface area contributed by atoms with Gasteiger partial charge in [-0.05, 0) is 43.3 Å². The van der Waals surface area contributed by atoms with E-state index in [9.17, 15) is 21.6 Å². The van der Waals surface area contributed by atoms with Gasteiger partial charge >= 0.3 is 6.18 Å². The van der Waals surface area contributed by atoms with Crippen LogP contribution in [-0.4, -0.2) is 23.0 Å². The van der Waals surface area contributed by atoms with E-state index in [2.05, 4.69) is 14.7 Å². The monoisotopic (exact) mass is 382 g/mol. The highest BCUT2D eigenvalue weighted by Crippen LogP contribution is 2.30. The van der Waals surface area contributed by atoms with Crippen molar-refractivity contribution in [3.8, 4) is 5.82 Å². The summed E-state index contributed by atoms with van der Waals surface area (Å²) in [5, 5.41) is 0. The number of rotatable bonds is 4. The van der Waals surface area contributed by atoms with Crippen LogP contribution in [0.25, 0.3) is 5.82 Å². The van der Waals surface area contributed by atoms with Gasteiger partial charge in [-0.3, -0.25) is 9.29 Å². The molecule has 0 aliphatic rings. The molecule has 2 aromatic heterocycles. The molecule has 0 unspecified atom stereocenters. The van der Waals surface area contributed by atoms with Crippen LogP contribution in [0.1, 0.15) is 11.4 Å². The van der Waals surface area contributed by atoms with Crippen molar-refractivity contribution in [2.75, 3.05) is 4.72 Å². The van der Waals surface area contributed by atoms with Crippen LogP contribution in [0.3, 0.4) is 0 Å². The standard InChI is InChI=1S/C16H13F3N4O2S/c1-11-20-8-9-23(11)15-7-4-13(10-21-15)22-26(24,25)14-5-2-12(3-6-14)16(17,18)19/h2-10,22H,1H3.